The lowest BCUT2D eigenvalue weighted by Gasteiger charge is -2.36. The van der Waals surface area contributed by atoms with E-state index in [1.807, 2.05) is 24.3 Å². The number of pyridine rings is 1. The highest BCUT2D eigenvalue weighted by atomic mass is 19.1. The van der Waals surface area contributed by atoms with Gasteiger partial charge in [-0.1, -0.05) is 12.1 Å². The molecule has 0 saturated carbocycles. The lowest BCUT2D eigenvalue weighted by atomic mass is 10.0. The molecule has 0 spiro atoms. The molecular weight excluding hydrogens is 350 g/mol. The molecule has 0 unspecified atom stereocenters. The lowest BCUT2D eigenvalue weighted by molar-refractivity contribution is -0.0277. The number of halogens is 2. The van der Waals surface area contributed by atoms with Crippen molar-refractivity contribution in [2.45, 2.75) is 25.2 Å². The van der Waals surface area contributed by atoms with Gasteiger partial charge in [0.05, 0.1) is 5.52 Å². The molecule has 2 atom stereocenters. The highest BCUT2D eigenvalue weighted by Gasteiger charge is 2.29. The molecule has 2 aromatic carbocycles. The predicted octanol–water partition coefficient (Wildman–Crippen LogP) is 3.53. The molecule has 0 radical (unpaired) electrons. The summed E-state index contributed by atoms with van der Waals surface area (Å²) < 4.78 is 32.2. The zero-order valence-corrected chi connectivity index (χ0v) is 14.7. The Morgan fingerprint density at radius 2 is 1.93 bits per heavy atom. The monoisotopic (exact) mass is 370 g/mol. The molecule has 6 heteroatoms. The highest BCUT2D eigenvalue weighted by molar-refractivity contribution is 5.78. The van der Waals surface area contributed by atoms with Crippen LogP contribution in [0.25, 0.3) is 10.9 Å². The number of ether oxygens (including phenoxy) is 1. The summed E-state index contributed by atoms with van der Waals surface area (Å²) in [5.41, 5.74) is 2.10. The molecule has 1 aliphatic heterocycles. The van der Waals surface area contributed by atoms with Crippen molar-refractivity contribution in [3.8, 4) is 5.75 Å². The molecule has 140 valence electrons. The van der Waals surface area contributed by atoms with Gasteiger partial charge in [0, 0.05) is 49.4 Å². The van der Waals surface area contributed by atoms with Gasteiger partial charge in [-0.25, -0.2) is 8.78 Å². The Labute approximate surface area is 156 Å². The van der Waals surface area contributed by atoms with E-state index in [0.717, 1.165) is 41.2 Å². The first-order valence-corrected chi connectivity index (χ1v) is 8.94. The van der Waals surface area contributed by atoms with Crippen LogP contribution in [0, 0.1) is 11.6 Å². The molecule has 0 amide bonds. The molecule has 1 saturated heterocycles. The molecule has 27 heavy (non-hydrogen) atoms. The molecule has 4 rings (SSSR count). The van der Waals surface area contributed by atoms with Crippen LogP contribution in [0.4, 0.5) is 8.78 Å². The second-order valence-electron chi connectivity index (χ2n) is 6.88. The minimum absolute atomic E-state index is 0.104. The standard InChI is InChI=1S/C21H20F2N2O2/c22-16-9-17(23)11-18(10-16)27-21-5-7-25(13-20(21)26)12-14-3-4-19-15(8-14)2-1-6-24-19/h1-4,6,8-11,20-21,26H,5,7,12-13H2/t20-,21-/m1/s1. The number of piperidine rings is 1. The number of likely N-dealkylation sites (tertiary alicyclic amines) is 1. The van der Waals surface area contributed by atoms with Gasteiger partial charge in [0.15, 0.2) is 0 Å². The van der Waals surface area contributed by atoms with E-state index in [1.54, 1.807) is 6.20 Å². The number of fused-ring (bicyclic) bond motifs is 1. The normalized spacial score (nSPS) is 20.7. The van der Waals surface area contributed by atoms with Crippen molar-refractivity contribution in [2.24, 2.45) is 0 Å². The first-order chi connectivity index (χ1) is 13.1. The van der Waals surface area contributed by atoms with Gasteiger partial charge in [-0.3, -0.25) is 9.88 Å². The summed E-state index contributed by atoms with van der Waals surface area (Å²) in [7, 11) is 0. The number of hydrogen-bond acceptors (Lipinski definition) is 4. The predicted molar refractivity (Wildman–Crippen MR) is 98.4 cm³/mol. The average molecular weight is 370 g/mol. The van der Waals surface area contributed by atoms with E-state index in [-0.39, 0.29) is 5.75 Å². The van der Waals surface area contributed by atoms with Crippen LogP contribution >= 0.6 is 0 Å². The third-order valence-electron chi connectivity index (χ3n) is 4.80. The second-order valence-corrected chi connectivity index (χ2v) is 6.88. The fourth-order valence-corrected chi connectivity index (χ4v) is 3.51. The van der Waals surface area contributed by atoms with Crippen molar-refractivity contribution in [2.75, 3.05) is 13.1 Å². The van der Waals surface area contributed by atoms with Crippen LogP contribution in [0.3, 0.4) is 0 Å². The third-order valence-corrected chi connectivity index (χ3v) is 4.80. The molecule has 1 aliphatic rings. The van der Waals surface area contributed by atoms with Gasteiger partial charge < -0.3 is 9.84 Å². The smallest absolute Gasteiger partial charge is 0.129 e. The van der Waals surface area contributed by atoms with Crippen molar-refractivity contribution in [1.82, 2.24) is 9.88 Å². The average Bonchev–Trinajstić information content (AvgIpc) is 2.63. The molecule has 0 aliphatic carbocycles. The van der Waals surface area contributed by atoms with E-state index in [9.17, 15) is 13.9 Å². The van der Waals surface area contributed by atoms with Crippen LogP contribution in [-0.2, 0) is 6.54 Å². The maximum absolute atomic E-state index is 13.3. The number of benzene rings is 2. The molecule has 0 bridgehead atoms. The Morgan fingerprint density at radius 1 is 1.11 bits per heavy atom. The minimum Gasteiger partial charge on any atom is -0.487 e. The van der Waals surface area contributed by atoms with Gasteiger partial charge in [-0.15, -0.1) is 0 Å². The number of rotatable bonds is 4. The summed E-state index contributed by atoms with van der Waals surface area (Å²) in [5, 5.41) is 11.5. The third kappa shape index (κ3) is 4.23. The first kappa shape index (κ1) is 17.8. The first-order valence-electron chi connectivity index (χ1n) is 8.94. The fourth-order valence-electron chi connectivity index (χ4n) is 3.51. The number of aliphatic hydroxyl groups is 1. The van der Waals surface area contributed by atoms with E-state index in [1.165, 1.54) is 0 Å². The van der Waals surface area contributed by atoms with Crippen molar-refractivity contribution in [3.05, 3.63) is 71.9 Å². The van der Waals surface area contributed by atoms with E-state index < -0.39 is 23.8 Å². The number of hydrogen-bond donors (Lipinski definition) is 1. The molecule has 1 N–H and O–H groups in total. The van der Waals surface area contributed by atoms with Crippen LogP contribution in [0.5, 0.6) is 5.75 Å². The summed E-state index contributed by atoms with van der Waals surface area (Å²) in [6.45, 7) is 1.88. The van der Waals surface area contributed by atoms with Crippen molar-refractivity contribution in [3.63, 3.8) is 0 Å². The Bertz CT molecular complexity index is 930. The minimum atomic E-state index is -0.729. The molecule has 2 heterocycles. The zero-order chi connectivity index (χ0) is 18.8. The fraction of sp³-hybridized carbons (Fsp3) is 0.286. The van der Waals surface area contributed by atoms with Crippen molar-refractivity contribution >= 4 is 10.9 Å². The van der Waals surface area contributed by atoms with Crippen LogP contribution in [0.2, 0.25) is 0 Å². The Balaban J connectivity index is 1.39. The SMILES string of the molecule is O[C@@H]1CN(Cc2ccc3ncccc3c2)CC[C@H]1Oc1cc(F)cc(F)c1. The number of β-amino-alcohol motifs (C(OH)–C–C–N with tert-alkyl or cyclic N) is 1. The van der Waals surface area contributed by atoms with Gasteiger partial charge in [0.2, 0.25) is 0 Å². The maximum Gasteiger partial charge on any atom is 0.129 e. The molecular formula is C21H20F2N2O2. The van der Waals surface area contributed by atoms with Crippen LogP contribution in [0.15, 0.2) is 54.7 Å². The lowest BCUT2D eigenvalue weighted by Crippen LogP contribution is -2.48. The topological polar surface area (TPSA) is 45.6 Å². The molecule has 4 nitrogen and oxygen atoms in total. The number of aromatic nitrogens is 1. The Morgan fingerprint density at radius 3 is 2.70 bits per heavy atom. The van der Waals surface area contributed by atoms with Gasteiger partial charge in [-0.2, -0.15) is 0 Å². The largest absolute Gasteiger partial charge is 0.487 e. The summed E-state index contributed by atoms with van der Waals surface area (Å²) in [6, 6.07) is 13.1. The molecule has 3 aromatic rings. The van der Waals surface area contributed by atoms with Crippen LogP contribution < -0.4 is 4.74 Å². The summed E-state index contributed by atoms with van der Waals surface area (Å²) in [4.78, 5) is 6.47. The Hall–Kier alpha value is -2.57. The summed E-state index contributed by atoms with van der Waals surface area (Å²) in [5.74, 6) is -1.28. The number of nitrogens with zero attached hydrogens (tertiary/aromatic N) is 2. The van der Waals surface area contributed by atoms with Gasteiger partial charge in [0.25, 0.3) is 0 Å². The van der Waals surface area contributed by atoms with E-state index in [4.69, 9.17) is 4.74 Å². The summed E-state index contributed by atoms with van der Waals surface area (Å²) >= 11 is 0. The van der Waals surface area contributed by atoms with Crippen molar-refractivity contribution < 1.29 is 18.6 Å². The highest BCUT2D eigenvalue weighted by Crippen LogP contribution is 2.23. The Kier molecular flexibility index (Phi) is 5.01. The van der Waals surface area contributed by atoms with Gasteiger partial charge in [0.1, 0.15) is 29.6 Å². The maximum atomic E-state index is 13.3. The number of aliphatic hydroxyl groups excluding tert-OH is 1. The molecule has 1 fully saturated rings. The molecule has 1 aromatic heterocycles. The quantitative estimate of drug-likeness (QED) is 0.763. The zero-order valence-electron chi connectivity index (χ0n) is 14.7. The van der Waals surface area contributed by atoms with Crippen LogP contribution in [0.1, 0.15) is 12.0 Å². The van der Waals surface area contributed by atoms with Gasteiger partial charge >= 0.3 is 0 Å². The van der Waals surface area contributed by atoms with Gasteiger partial charge in [-0.05, 0) is 30.2 Å². The van der Waals surface area contributed by atoms with Crippen molar-refractivity contribution in [1.29, 1.82) is 0 Å². The van der Waals surface area contributed by atoms with E-state index in [0.29, 0.717) is 19.5 Å². The second kappa shape index (κ2) is 7.58. The van der Waals surface area contributed by atoms with E-state index in [2.05, 4.69) is 16.0 Å². The van der Waals surface area contributed by atoms with Crippen LogP contribution in [-0.4, -0.2) is 40.3 Å². The van der Waals surface area contributed by atoms with E-state index >= 15 is 0 Å². The summed E-state index contributed by atoms with van der Waals surface area (Å²) in [6.07, 6.45) is 1.14.